The largest absolute Gasteiger partial charge is 0.433 e. The van der Waals surface area contributed by atoms with Gasteiger partial charge in [-0.25, -0.2) is 23.1 Å². The Balaban J connectivity index is 1.62. The first kappa shape index (κ1) is 23.0. The molecule has 5 aromatic rings. The van der Waals surface area contributed by atoms with Crippen molar-refractivity contribution in [3.05, 3.63) is 71.5 Å². The summed E-state index contributed by atoms with van der Waals surface area (Å²) in [6, 6.07) is 12.4. The lowest BCUT2D eigenvalue weighted by Crippen LogP contribution is -2.13. The van der Waals surface area contributed by atoms with Gasteiger partial charge in [-0.3, -0.25) is 0 Å². The summed E-state index contributed by atoms with van der Waals surface area (Å²) >= 11 is 5.89. The van der Waals surface area contributed by atoms with E-state index in [4.69, 9.17) is 21.3 Å². The lowest BCUT2D eigenvalue weighted by Gasteiger charge is -2.11. The van der Waals surface area contributed by atoms with Crippen molar-refractivity contribution >= 4 is 27.3 Å². The summed E-state index contributed by atoms with van der Waals surface area (Å²) in [4.78, 5) is 8.47. The number of nitrogens with two attached hydrogens (primary N) is 1. The highest BCUT2D eigenvalue weighted by atomic mass is 35.5. The molecule has 0 aliphatic carbocycles. The second-order valence-corrected chi connectivity index (χ2v) is 9.32. The van der Waals surface area contributed by atoms with Crippen LogP contribution in [0.3, 0.4) is 0 Å². The number of halogens is 4. The van der Waals surface area contributed by atoms with Crippen LogP contribution in [0.15, 0.2) is 70.2 Å². The molecule has 0 radical (unpaired) electrons. The molecule has 0 spiro atoms. The number of sulfonamides is 1. The van der Waals surface area contributed by atoms with Crippen molar-refractivity contribution < 1.29 is 26.1 Å². The Morgan fingerprint density at radius 3 is 2.26 bits per heavy atom. The minimum Gasteiger partial charge on any atom is -0.333 e. The molecule has 3 heterocycles. The summed E-state index contributed by atoms with van der Waals surface area (Å²) in [6.45, 7) is 0. The molecule has 0 aliphatic heterocycles. The Labute approximate surface area is 200 Å². The van der Waals surface area contributed by atoms with E-state index in [2.05, 4.69) is 20.2 Å². The zero-order valence-corrected chi connectivity index (χ0v) is 18.8. The van der Waals surface area contributed by atoms with Crippen LogP contribution >= 0.6 is 11.6 Å². The van der Waals surface area contributed by atoms with E-state index in [1.54, 1.807) is 24.3 Å². The first-order valence-corrected chi connectivity index (χ1v) is 11.6. The minimum atomic E-state index is -4.73. The number of nitrogens with zero attached hydrogens (tertiary/aromatic N) is 5. The smallest absolute Gasteiger partial charge is 0.333 e. The van der Waals surface area contributed by atoms with Gasteiger partial charge in [0.2, 0.25) is 15.8 Å². The Bertz CT molecular complexity index is 1660. The Morgan fingerprint density at radius 1 is 0.971 bits per heavy atom. The van der Waals surface area contributed by atoms with Gasteiger partial charge in [-0.2, -0.15) is 23.3 Å². The van der Waals surface area contributed by atoms with E-state index in [-0.39, 0.29) is 33.5 Å². The number of hydrogen-bond acceptors (Lipinski definition) is 7. The van der Waals surface area contributed by atoms with Crippen molar-refractivity contribution in [2.75, 3.05) is 0 Å². The van der Waals surface area contributed by atoms with Crippen LogP contribution in [0.1, 0.15) is 5.69 Å². The molecule has 0 fully saturated rings. The fourth-order valence-corrected chi connectivity index (χ4v) is 3.97. The fraction of sp³-hybridized carbons (Fsp3) is 0.0476. The van der Waals surface area contributed by atoms with Crippen LogP contribution in [0.4, 0.5) is 13.2 Å². The van der Waals surface area contributed by atoms with Gasteiger partial charge >= 0.3 is 6.18 Å². The predicted molar refractivity (Wildman–Crippen MR) is 119 cm³/mol. The molecule has 178 valence electrons. The Kier molecular flexibility index (Phi) is 5.34. The number of primary sulfonamides is 1. The summed E-state index contributed by atoms with van der Waals surface area (Å²) in [6.07, 6.45) is -3.58. The van der Waals surface area contributed by atoms with E-state index in [1.165, 1.54) is 24.3 Å². The number of fused-ring (bicyclic) bond motifs is 1. The van der Waals surface area contributed by atoms with Gasteiger partial charge in [-0.05, 0) is 42.5 Å². The van der Waals surface area contributed by atoms with Crippen LogP contribution in [0.25, 0.3) is 39.7 Å². The highest BCUT2D eigenvalue weighted by Gasteiger charge is 2.36. The average Bonchev–Trinajstić information content (AvgIpc) is 3.45. The van der Waals surface area contributed by atoms with Gasteiger partial charge in [0.05, 0.1) is 16.8 Å². The zero-order valence-electron chi connectivity index (χ0n) is 17.2. The van der Waals surface area contributed by atoms with E-state index in [0.29, 0.717) is 20.7 Å². The second kappa shape index (κ2) is 8.15. The van der Waals surface area contributed by atoms with Crippen molar-refractivity contribution in [2.45, 2.75) is 11.1 Å². The average molecular weight is 521 g/mol. The van der Waals surface area contributed by atoms with Crippen molar-refractivity contribution in [3.8, 4) is 34.1 Å². The van der Waals surface area contributed by atoms with Gasteiger partial charge in [-0.15, -0.1) is 0 Å². The Morgan fingerprint density at radius 2 is 1.63 bits per heavy atom. The molecular weight excluding hydrogens is 509 g/mol. The molecule has 35 heavy (non-hydrogen) atoms. The minimum absolute atomic E-state index is 0.0431. The monoisotopic (exact) mass is 520 g/mol. The van der Waals surface area contributed by atoms with Gasteiger partial charge in [0.1, 0.15) is 5.56 Å². The normalized spacial score (nSPS) is 12.4. The summed E-state index contributed by atoms with van der Waals surface area (Å²) in [5, 5.41) is 13.2. The van der Waals surface area contributed by atoms with E-state index < -0.39 is 21.9 Å². The van der Waals surface area contributed by atoms with Crippen LogP contribution < -0.4 is 5.14 Å². The van der Waals surface area contributed by atoms with Crippen molar-refractivity contribution in [1.82, 2.24) is 24.7 Å². The van der Waals surface area contributed by atoms with Gasteiger partial charge in [0, 0.05) is 16.1 Å². The summed E-state index contributed by atoms with van der Waals surface area (Å²) in [5.74, 6) is -0.0513. The van der Waals surface area contributed by atoms with Gasteiger partial charge in [0.25, 0.3) is 5.89 Å². The quantitative estimate of drug-likeness (QED) is 0.371. The molecule has 14 heteroatoms. The maximum absolute atomic E-state index is 13.8. The Hall–Kier alpha value is -3.81. The molecule has 0 bridgehead atoms. The highest BCUT2D eigenvalue weighted by Crippen LogP contribution is 2.35. The molecule has 2 aromatic carbocycles. The molecule has 0 aliphatic rings. The number of aromatic nitrogens is 5. The molecule has 0 atom stereocenters. The van der Waals surface area contributed by atoms with E-state index >= 15 is 0 Å². The predicted octanol–water partition coefficient (Wildman–Crippen LogP) is 4.43. The SMILES string of the molecule is NS(=O)(=O)c1ccc(-c2noc(-c3cnn4c(C(F)(F)F)cc(-c5ccc(Cl)cc5)nc34)n2)cc1. The first-order valence-electron chi connectivity index (χ1n) is 9.70. The van der Waals surface area contributed by atoms with Crippen molar-refractivity contribution in [3.63, 3.8) is 0 Å². The third-order valence-electron chi connectivity index (χ3n) is 5.00. The van der Waals surface area contributed by atoms with Crippen molar-refractivity contribution in [1.29, 1.82) is 0 Å². The lowest BCUT2D eigenvalue weighted by molar-refractivity contribution is -0.142. The number of rotatable bonds is 4. The third kappa shape index (κ3) is 4.36. The molecule has 5 rings (SSSR count). The maximum Gasteiger partial charge on any atom is 0.433 e. The third-order valence-corrected chi connectivity index (χ3v) is 6.18. The summed E-state index contributed by atoms with van der Waals surface area (Å²) in [5.41, 5.74) is -0.264. The van der Waals surface area contributed by atoms with Crippen LogP contribution in [0, 0.1) is 0 Å². The molecule has 0 amide bonds. The second-order valence-electron chi connectivity index (χ2n) is 7.32. The van der Waals surface area contributed by atoms with E-state index in [9.17, 15) is 21.6 Å². The molecule has 9 nitrogen and oxygen atoms in total. The first-order chi connectivity index (χ1) is 16.5. The van der Waals surface area contributed by atoms with Crippen LogP contribution in [-0.4, -0.2) is 33.2 Å². The molecule has 0 unspecified atom stereocenters. The molecule has 0 saturated carbocycles. The molecule has 2 N–H and O–H groups in total. The van der Waals surface area contributed by atoms with Gasteiger partial charge in [-0.1, -0.05) is 28.9 Å². The lowest BCUT2D eigenvalue weighted by atomic mass is 10.1. The molecule has 0 saturated heterocycles. The number of alkyl halides is 3. The molecule has 3 aromatic heterocycles. The zero-order chi connectivity index (χ0) is 25.0. The van der Waals surface area contributed by atoms with Crippen molar-refractivity contribution in [2.24, 2.45) is 5.14 Å². The van der Waals surface area contributed by atoms with Crippen LogP contribution in [-0.2, 0) is 16.2 Å². The summed E-state index contributed by atoms with van der Waals surface area (Å²) in [7, 11) is -3.88. The van der Waals surface area contributed by atoms with Crippen LogP contribution in [0.5, 0.6) is 0 Å². The highest BCUT2D eigenvalue weighted by molar-refractivity contribution is 7.89. The fourth-order valence-electron chi connectivity index (χ4n) is 3.33. The maximum atomic E-state index is 13.8. The number of hydrogen-bond donors (Lipinski definition) is 1. The number of benzene rings is 2. The topological polar surface area (TPSA) is 129 Å². The van der Waals surface area contributed by atoms with Gasteiger partial charge in [0.15, 0.2) is 11.3 Å². The van der Waals surface area contributed by atoms with E-state index in [1.807, 2.05) is 0 Å². The van der Waals surface area contributed by atoms with E-state index in [0.717, 1.165) is 12.3 Å². The standard InChI is InChI=1S/C21H12ClF3N6O3S/c22-13-5-1-11(2-6-13)16-9-17(21(23,24)25)31-19(28-16)15(10-27-31)20-29-18(30-34-20)12-3-7-14(8-4-12)35(26,32)33/h1-10H,(H2,26,32,33). The van der Waals surface area contributed by atoms with Gasteiger partial charge < -0.3 is 4.52 Å². The van der Waals surface area contributed by atoms with Crippen LogP contribution in [0.2, 0.25) is 5.02 Å². The molecular formula is C21H12ClF3N6O3S. The summed E-state index contributed by atoms with van der Waals surface area (Å²) < 4.78 is 70.2.